The topological polar surface area (TPSA) is 22.1 Å². The molecule has 0 amide bonds. The van der Waals surface area contributed by atoms with E-state index in [1.165, 1.54) is 35.3 Å². The molecule has 0 atom stereocenters. The van der Waals surface area contributed by atoms with E-state index in [4.69, 9.17) is 4.74 Å². The van der Waals surface area contributed by atoms with Gasteiger partial charge in [0.1, 0.15) is 5.75 Å². The van der Waals surface area contributed by atoms with Crippen LogP contribution in [0.5, 0.6) is 5.75 Å². The lowest BCUT2D eigenvalue weighted by molar-refractivity contribution is 0.320. The molecule has 2 aromatic rings. The monoisotopic (exact) mass is 367 g/mol. The molecule has 0 fully saturated rings. The van der Waals surface area contributed by atoms with E-state index >= 15 is 0 Å². The van der Waals surface area contributed by atoms with Crippen molar-refractivity contribution in [2.75, 3.05) is 6.61 Å². The van der Waals surface area contributed by atoms with Crippen LogP contribution in [0.2, 0.25) is 0 Å². The molecule has 1 heterocycles. The molecule has 0 saturated heterocycles. The maximum atomic E-state index is 5.85. The summed E-state index contributed by atoms with van der Waals surface area (Å²) in [7, 11) is 0. The zero-order chi connectivity index (χ0) is 15.2. The molecule has 3 rings (SSSR count). The number of thiazole rings is 1. The third-order valence-corrected chi connectivity index (χ3v) is 5.01. The summed E-state index contributed by atoms with van der Waals surface area (Å²) in [5.41, 5.74) is 4.09. The van der Waals surface area contributed by atoms with Gasteiger partial charge >= 0.3 is 0 Å². The van der Waals surface area contributed by atoms with Crippen molar-refractivity contribution in [1.82, 2.24) is 4.98 Å². The zero-order valence-corrected chi connectivity index (χ0v) is 15.3. The molecule has 1 aliphatic carbocycles. The minimum Gasteiger partial charge on any atom is -0.493 e. The maximum Gasteiger partial charge on any atom is 0.159 e. The van der Waals surface area contributed by atoms with Crippen molar-refractivity contribution in [2.24, 2.45) is 0 Å². The van der Waals surface area contributed by atoms with Crippen molar-refractivity contribution >= 4 is 27.3 Å². The van der Waals surface area contributed by atoms with Gasteiger partial charge in [0, 0.05) is 11.3 Å². The van der Waals surface area contributed by atoms with E-state index in [2.05, 4.69) is 46.0 Å². The summed E-state index contributed by atoms with van der Waals surface area (Å²) in [6.45, 7) is 6.79. The molecule has 0 N–H and O–H groups in total. The van der Waals surface area contributed by atoms with Gasteiger partial charge in [-0.3, -0.25) is 0 Å². The number of rotatable bonds is 4. The Morgan fingerprint density at radius 1 is 1.24 bits per heavy atom. The van der Waals surface area contributed by atoms with Gasteiger partial charge in [-0.2, -0.15) is 0 Å². The highest BCUT2D eigenvalue weighted by Crippen LogP contribution is 2.26. The first-order chi connectivity index (χ1) is 10.2. The third-order valence-electron chi connectivity index (χ3n) is 3.54. The Labute approximate surface area is 139 Å². The highest BCUT2D eigenvalue weighted by Gasteiger charge is 2.11. The SMILES string of the molecule is CC.Cc1sc(Br)nc1CCOc1ccc2c(c1)CCC2. The summed E-state index contributed by atoms with van der Waals surface area (Å²) in [5.74, 6) is 0.993. The summed E-state index contributed by atoms with van der Waals surface area (Å²) in [4.78, 5) is 5.72. The fourth-order valence-corrected chi connectivity index (χ4v) is 4.14. The average molecular weight is 368 g/mol. The Bertz CT molecular complexity index is 594. The molecule has 114 valence electrons. The van der Waals surface area contributed by atoms with Crippen LogP contribution in [0.3, 0.4) is 0 Å². The summed E-state index contributed by atoms with van der Waals surface area (Å²) < 4.78 is 6.80. The fourth-order valence-electron chi connectivity index (χ4n) is 2.53. The predicted molar refractivity (Wildman–Crippen MR) is 93.6 cm³/mol. The van der Waals surface area contributed by atoms with Crippen molar-refractivity contribution in [3.63, 3.8) is 0 Å². The number of halogens is 1. The number of aromatic nitrogens is 1. The quantitative estimate of drug-likeness (QED) is 0.726. The summed E-state index contributed by atoms with van der Waals surface area (Å²) in [6, 6.07) is 6.50. The average Bonchev–Trinajstić information content (AvgIpc) is 3.07. The van der Waals surface area contributed by atoms with E-state index in [-0.39, 0.29) is 0 Å². The van der Waals surface area contributed by atoms with Crippen LogP contribution < -0.4 is 4.74 Å². The molecule has 0 unspecified atom stereocenters. The first kappa shape index (κ1) is 16.5. The second-order valence-corrected chi connectivity index (χ2v) is 7.33. The second kappa shape index (κ2) is 7.95. The van der Waals surface area contributed by atoms with Gasteiger partial charge in [0.05, 0.1) is 12.3 Å². The van der Waals surface area contributed by atoms with Gasteiger partial charge in [0.2, 0.25) is 0 Å². The number of hydrogen-bond donors (Lipinski definition) is 0. The molecule has 21 heavy (non-hydrogen) atoms. The van der Waals surface area contributed by atoms with Crippen molar-refractivity contribution in [2.45, 2.75) is 46.5 Å². The Kier molecular flexibility index (Phi) is 6.24. The van der Waals surface area contributed by atoms with Crippen LogP contribution in [0.15, 0.2) is 22.1 Å². The molecule has 0 spiro atoms. The Morgan fingerprint density at radius 3 is 2.71 bits per heavy atom. The van der Waals surface area contributed by atoms with Gasteiger partial charge in [-0.15, -0.1) is 11.3 Å². The summed E-state index contributed by atoms with van der Waals surface area (Å²) in [5, 5.41) is 0. The van der Waals surface area contributed by atoms with Crippen LogP contribution >= 0.6 is 27.3 Å². The van der Waals surface area contributed by atoms with Crippen molar-refractivity contribution < 1.29 is 4.74 Å². The molecular formula is C17H22BrNOS. The molecule has 4 heteroatoms. The lowest BCUT2D eigenvalue weighted by Crippen LogP contribution is -2.03. The Balaban J connectivity index is 0.000000774. The van der Waals surface area contributed by atoms with E-state index in [0.29, 0.717) is 6.61 Å². The standard InChI is InChI=1S/C15H16BrNOS.C2H6/c1-10-14(17-15(16)19-10)7-8-18-13-6-5-11-3-2-4-12(11)9-13;1-2/h5-6,9H,2-4,7-8H2,1H3;1-2H3. The van der Waals surface area contributed by atoms with Crippen LogP contribution in [-0.2, 0) is 19.3 Å². The second-order valence-electron chi connectivity index (χ2n) is 4.85. The fraction of sp³-hybridized carbons (Fsp3) is 0.471. The normalized spacial score (nSPS) is 12.6. The van der Waals surface area contributed by atoms with Crippen molar-refractivity contribution in [1.29, 1.82) is 0 Å². The van der Waals surface area contributed by atoms with E-state index in [9.17, 15) is 0 Å². The van der Waals surface area contributed by atoms with E-state index in [1.807, 2.05) is 13.8 Å². The van der Waals surface area contributed by atoms with Crippen LogP contribution in [0, 0.1) is 6.92 Å². The van der Waals surface area contributed by atoms with Crippen LogP contribution in [0.1, 0.15) is 42.0 Å². The Hall–Kier alpha value is -0.870. The maximum absolute atomic E-state index is 5.85. The number of nitrogens with zero attached hydrogens (tertiary/aromatic N) is 1. The third kappa shape index (κ3) is 4.30. The number of hydrogen-bond acceptors (Lipinski definition) is 3. The van der Waals surface area contributed by atoms with Crippen molar-refractivity contribution in [3.05, 3.63) is 43.8 Å². The summed E-state index contributed by atoms with van der Waals surface area (Å²) >= 11 is 5.10. The highest BCUT2D eigenvalue weighted by molar-refractivity contribution is 9.11. The van der Waals surface area contributed by atoms with Crippen molar-refractivity contribution in [3.8, 4) is 5.75 Å². The van der Waals surface area contributed by atoms with Gasteiger partial charge in [-0.25, -0.2) is 4.98 Å². The van der Waals surface area contributed by atoms with Gasteiger partial charge in [0.15, 0.2) is 3.92 Å². The number of fused-ring (bicyclic) bond motifs is 1. The molecule has 1 aromatic heterocycles. The van der Waals surface area contributed by atoms with E-state index in [1.54, 1.807) is 11.3 Å². The van der Waals surface area contributed by atoms with Gasteiger partial charge < -0.3 is 4.74 Å². The highest BCUT2D eigenvalue weighted by atomic mass is 79.9. The first-order valence-corrected chi connectivity index (χ1v) is 9.20. The predicted octanol–water partition coefficient (Wildman–Crippen LogP) is 5.35. The molecule has 0 radical (unpaired) electrons. The molecule has 0 bridgehead atoms. The van der Waals surface area contributed by atoms with E-state index < -0.39 is 0 Å². The molecule has 1 aromatic carbocycles. The van der Waals surface area contributed by atoms with Crippen LogP contribution in [0.4, 0.5) is 0 Å². The molecular weight excluding hydrogens is 346 g/mol. The summed E-state index contributed by atoms with van der Waals surface area (Å²) in [6.07, 6.45) is 4.57. The molecule has 2 nitrogen and oxygen atoms in total. The minimum atomic E-state index is 0.690. The zero-order valence-electron chi connectivity index (χ0n) is 12.9. The smallest absolute Gasteiger partial charge is 0.159 e. The largest absolute Gasteiger partial charge is 0.493 e. The first-order valence-electron chi connectivity index (χ1n) is 7.59. The van der Waals surface area contributed by atoms with Gasteiger partial charge in [0.25, 0.3) is 0 Å². The van der Waals surface area contributed by atoms with Gasteiger partial charge in [-0.05, 0) is 65.4 Å². The van der Waals surface area contributed by atoms with Crippen LogP contribution in [0.25, 0.3) is 0 Å². The lowest BCUT2D eigenvalue weighted by atomic mass is 10.1. The molecule has 0 saturated carbocycles. The van der Waals surface area contributed by atoms with Crippen LogP contribution in [-0.4, -0.2) is 11.6 Å². The van der Waals surface area contributed by atoms with Gasteiger partial charge in [-0.1, -0.05) is 19.9 Å². The van der Waals surface area contributed by atoms with E-state index in [0.717, 1.165) is 21.8 Å². The molecule has 0 aliphatic heterocycles. The number of ether oxygens (including phenoxy) is 1. The number of aryl methyl sites for hydroxylation is 3. The molecule has 1 aliphatic rings. The lowest BCUT2D eigenvalue weighted by Gasteiger charge is -2.07. The Morgan fingerprint density at radius 2 is 2.00 bits per heavy atom. The minimum absolute atomic E-state index is 0.690. The number of benzene rings is 1.